The molecule has 29 heavy (non-hydrogen) atoms. The van der Waals surface area contributed by atoms with E-state index in [1.54, 1.807) is 24.3 Å². The Bertz CT molecular complexity index is 1240. The number of nitrogens with zero attached hydrogens (tertiary/aromatic N) is 2. The normalized spacial score (nSPS) is 11.1. The Morgan fingerprint density at radius 3 is 2.59 bits per heavy atom. The van der Waals surface area contributed by atoms with Gasteiger partial charge in [-0.1, -0.05) is 23.7 Å². The molecule has 0 saturated heterocycles. The van der Waals surface area contributed by atoms with Gasteiger partial charge >= 0.3 is 5.97 Å². The molecule has 1 aromatic heterocycles. The number of aliphatic carboxylic acids is 1. The molecule has 10 heteroatoms. The number of carboxylic acid groups (broad SMARTS) is 1. The third kappa shape index (κ3) is 4.58. The van der Waals surface area contributed by atoms with Crippen molar-refractivity contribution in [1.82, 2.24) is 9.55 Å². The Balaban J connectivity index is 2.00. The Labute approximate surface area is 173 Å². The van der Waals surface area contributed by atoms with Crippen LogP contribution >= 0.6 is 23.8 Å². The standard InChI is InChI=1S/C19H13ClFN3O4S/c20-14-8-12(5-6-15(14)21)24-18(28)13(17(27)23-19(24)29)9-22-11-3-1-10(2-4-11)7-16(25)26/h1-6,8-9,28H,7H2,(H,25,26)(H,23,27,29). The molecular weight excluding hydrogens is 421 g/mol. The molecule has 0 bridgehead atoms. The topological polar surface area (TPSA) is 108 Å². The Hall–Kier alpha value is -3.30. The van der Waals surface area contributed by atoms with Gasteiger partial charge in [0, 0.05) is 6.21 Å². The number of aromatic hydroxyl groups is 1. The van der Waals surface area contributed by atoms with E-state index < -0.39 is 23.2 Å². The van der Waals surface area contributed by atoms with Gasteiger partial charge in [0.1, 0.15) is 11.4 Å². The third-order valence-corrected chi connectivity index (χ3v) is 4.49. The van der Waals surface area contributed by atoms with E-state index in [0.717, 1.165) is 16.8 Å². The third-order valence-electron chi connectivity index (χ3n) is 3.92. The molecule has 0 aliphatic heterocycles. The number of carbonyl (C=O) groups is 1. The molecule has 2 aromatic carbocycles. The van der Waals surface area contributed by atoms with Crippen molar-refractivity contribution in [3.63, 3.8) is 0 Å². The maximum atomic E-state index is 13.4. The average molecular weight is 434 g/mol. The first-order chi connectivity index (χ1) is 13.8. The maximum absolute atomic E-state index is 13.4. The summed E-state index contributed by atoms with van der Waals surface area (Å²) in [6.45, 7) is 0. The Kier molecular flexibility index (Phi) is 5.90. The highest BCUT2D eigenvalue weighted by molar-refractivity contribution is 7.71. The van der Waals surface area contributed by atoms with Crippen molar-refractivity contribution in [3.8, 4) is 11.6 Å². The molecule has 3 rings (SSSR count). The van der Waals surface area contributed by atoms with E-state index in [9.17, 15) is 19.1 Å². The van der Waals surface area contributed by atoms with Crippen LogP contribution in [0.5, 0.6) is 5.88 Å². The van der Waals surface area contributed by atoms with Crippen LogP contribution in [-0.2, 0) is 11.2 Å². The Morgan fingerprint density at radius 1 is 1.28 bits per heavy atom. The molecule has 0 fully saturated rings. The first-order valence-electron chi connectivity index (χ1n) is 8.15. The van der Waals surface area contributed by atoms with Gasteiger partial charge in [0.2, 0.25) is 5.88 Å². The highest BCUT2D eigenvalue weighted by Crippen LogP contribution is 2.24. The highest BCUT2D eigenvalue weighted by atomic mass is 35.5. The number of hydrogen-bond acceptors (Lipinski definition) is 5. The van der Waals surface area contributed by atoms with Gasteiger partial charge in [-0.15, -0.1) is 0 Å². The molecule has 0 atom stereocenters. The van der Waals surface area contributed by atoms with E-state index in [1.165, 1.54) is 12.1 Å². The van der Waals surface area contributed by atoms with Crippen LogP contribution in [0.4, 0.5) is 10.1 Å². The lowest BCUT2D eigenvalue weighted by Gasteiger charge is -2.11. The minimum absolute atomic E-state index is 0.106. The zero-order valence-electron chi connectivity index (χ0n) is 14.6. The molecule has 0 saturated carbocycles. The van der Waals surface area contributed by atoms with Crippen molar-refractivity contribution in [3.05, 3.63) is 79.6 Å². The fourth-order valence-electron chi connectivity index (χ4n) is 2.53. The summed E-state index contributed by atoms with van der Waals surface area (Å²) in [7, 11) is 0. The molecule has 0 unspecified atom stereocenters. The van der Waals surface area contributed by atoms with Gasteiger partial charge in [0.05, 0.1) is 22.8 Å². The first-order valence-corrected chi connectivity index (χ1v) is 8.93. The van der Waals surface area contributed by atoms with E-state index >= 15 is 0 Å². The number of hydrogen-bond donors (Lipinski definition) is 3. The van der Waals surface area contributed by atoms with Crippen molar-refractivity contribution in [1.29, 1.82) is 0 Å². The summed E-state index contributed by atoms with van der Waals surface area (Å²) in [5, 5.41) is 19.2. The van der Waals surface area contributed by atoms with Gasteiger partial charge in [-0.05, 0) is 48.1 Å². The van der Waals surface area contributed by atoms with Crippen LogP contribution in [0.25, 0.3) is 5.69 Å². The number of halogens is 2. The molecule has 0 aliphatic carbocycles. The average Bonchev–Trinajstić information content (AvgIpc) is 2.65. The molecule has 1 heterocycles. The first kappa shape index (κ1) is 20.4. The van der Waals surface area contributed by atoms with Gasteiger partial charge in [0.25, 0.3) is 5.56 Å². The summed E-state index contributed by atoms with van der Waals surface area (Å²) < 4.78 is 14.4. The van der Waals surface area contributed by atoms with Crippen molar-refractivity contribution in [2.75, 3.05) is 0 Å². The van der Waals surface area contributed by atoms with Crippen molar-refractivity contribution in [2.45, 2.75) is 6.42 Å². The second-order valence-electron chi connectivity index (χ2n) is 5.93. The fraction of sp³-hybridized carbons (Fsp3) is 0.0526. The SMILES string of the molecule is O=C(O)Cc1ccc(N=Cc2c(O)n(-c3ccc(F)c(Cl)c3)c(=S)[nH]c2=O)cc1. The number of benzene rings is 2. The summed E-state index contributed by atoms with van der Waals surface area (Å²) in [4.78, 5) is 29.5. The van der Waals surface area contributed by atoms with Crippen LogP contribution in [0.3, 0.4) is 0 Å². The number of H-pyrrole nitrogens is 1. The van der Waals surface area contributed by atoms with Crippen LogP contribution in [0.1, 0.15) is 11.1 Å². The number of carboxylic acids is 1. The second-order valence-corrected chi connectivity index (χ2v) is 6.72. The molecule has 0 aliphatic rings. The van der Waals surface area contributed by atoms with Gasteiger partial charge in [-0.3, -0.25) is 24.1 Å². The van der Waals surface area contributed by atoms with Gasteiger partial charge in [-0.25, -0.2) is 4.39 Å². The zero-order valence-corrected chi connectivity index (χ0v) is 16.2. The van der Waals surface area contributed by atoms with Crippen molar-refractivity contribution < 1.29 is 19.4 Å². The monoisotopic (exact) mass is 433 g/mol. The predicted molar refractivity (Wildman–Crippen MR) is 109 cm³/mol. The van der Waals surface area contributed by atoms with Crippen molar-refractivity contribution >= 4 is 41.7 Å². The minimum Gasteiger partial charge on any atom is -0.494 e. The molecular formula is C19H13ClFN3O4S. The molecule has 0 amide bonds. The largest absolute Gasteiger partial charge is 0.494 e. The summed E-state index contributed by atoms with van der Waals surface area (Å²) in [6.07, 6.45) is 1.03. The Morgan fingerprint density at radius 2 is 1.97 bits per heavy atom. The summed E-state index contributed by atoms with van der Waals surface area (Å²) >= 11 is 10.9. The number of aliphatic imine (C=N–C) groups is 1. The molecule has 3 N–H and O–H groups in total. The van der Waals surface area contributed by atoms with Crippen LogP contribution in [0.2, 0.25) is 5.02 Å². The molecule has 3 aromatic rings. The van der Waals surface area contributed by atoms with Crippen molar-refractivity contribution in [2.24, 2.45) is 4.99 Å². The lowest BCUT2D eigenvalue weighted by atomic mass is 10.1. The molecule has 148 valence electrons. The summed E-state index contributed by atoms with van der Waals surface area (Å²) in [6, 6.07) is 10.1. The molecule has 0 spiro atoms. The van der Waals surface area contributed by atoms with Gasteiger partial charge in [-0.2, -0.15) is 0 Å². The predicted octanol–water partition coefficient (Wildman–Crippen LogP) is 3.77. The van der Waals surface area contributed by atoms with Crippen LogP contribution in [0.15, 0.2) is 52.3 Å². The van der Waals surface area contributed by atoms with Crippen LogP contribution < -0.4 is 5.56 Å². The number of aromatic amines is 1. The number of nitrogens with one attached hydrogen (secondary N) is 1. The lowest BCUT2D eigenvalue weighted by molar-refractivity contribution is -0.136. The molecule has 7 nitrogen and oxygen atoms in total. The van der Waals surface area contributed by atoms with Gasteiger partial charge in [0.15, 0.2) is 4.77 Å². The minimum atomic E-state index is -0.952. The quantitative estimate of drug-likeness (QED) is 0.419. The maximum Gasteiger partial charge on any atom is 0.307 e. The summed E-state index contributed by atoms with van der Waals surface area (Å²) in [5.74, 6) is -2.08. The van der Waals surface area contributed by atoms with E-state index in [1.807, 2.05) is 0 Å². The van der Waals surface area contributed by atoms with Crippen LogP contribution in [0, 0.1) is 10.6 Å². The number of aromatic nitrogens is 2. The zero-order chi connectivity index (χ0) is 21.1. The van der Waals surface area contributed by atoms with E-state index in [0.29, 0.717) is 11.3 Å². The smallest absolute Gasteiger partial charge is 0.307 e. The fourth-order valence-corrected chi connectivity index (χ4v) is 2.99. The second kappa shape index (κ2) is 8.38. The van der Waals surface area contributed by atoms with E-state index in [4.69, 9.17) is 28.9 Å². The van der Waals surface area contributed by atoms with Crippen LogP contribution in [-0.4, -0.2) is 31.9 Å². The van der Waals surface area contributed by atoms with Gasteiger partial charge < -0.3 is 10.2 Å². The van der Waals surface area contributed by atoms with E-state index in [2.05, 4.69) is 9.98 Å². The number of rotatable bonds is 5. The summed E-state index contributed by atoms with van der Waals surface area (Å²) in [5.41, 5.74) is 0.454. The lowest BCUT2D eigenvalue weighted by Crippen LogP contribution is -2.18. The molecule has 0 radical (unpaired) electrons. The van der Waals surface area contributed by atoms with E-state index in [-0.39, 0.29) is 27.5 Å². The highest BCUT2D eigenvalue weighted by Gasteiger charge is 2.14.